The standard InChI is InChI=1S/C13H16N4O/c1-9(2)18-11-6-4-10(5-7-11)13-16-12(14-3)8-15-17-13/h4-9H,1-3H3,(H,14,16,17). The average Bonchev–Trinajstić information content (AvgIpc) is 2.39. The molecule has 5 nitrogen and oxygen atoms in total. The summed E-state index contributed by atoms with van der Waals surface area (Å²) in [6.07, 6.45) is 1.75. The van der Waals surface area contributed by atoms with Crippen molar-refractivity contribution in [3.63, 3.8) is 0 Å². The fraction of sp³-hybridized carbons (Fsp3) is 0.308. The van der Waals surface area contributed by atoms with E-state index in [2.05, 4.69) is 20.5 Å². The summed E-state index contributed by atoms with van der Waals surface area (Å²) < 4.78 is 5.58. The highest BCUT2D eigenvalue weighted by atomic mass is 16.5. The Kier molecular flexibility index (Phi) is 3.72. The predicted octanol–water partition coefficient (Wildman–Crippen LogP) is 2.37. The summed E-state index contributed by atoms with van der Waals surface area (Å²) >= 11 is 0. The van der Waals surface area contributed by atoms with Crippen molar-refractivity contribution >= 4 is 5.82 Å². The van der Waals surface area contributed by atoms with Gasteiger partial charge in [0, 0.05) is 12.6 Å². The lowest BCUT2D eigenvalue weighted by atomic mass is 10.2. The highest BCUT2D eigenvalue weighted by Gasteiger charge is 2.04. The van der Waals surface area contributed by atoms with Crippen molar-refractivity contribution in [2.45, 2.75) is 20.0 Å². The van der Waals surface area contributed by atoms with Crippen LogP contribution in [-0.4, -0.2) is 28.3 Å². The number of nitrogens with zero attached hydrogens (tertiary/aromatic N) is 3. The van der Waals surface area contributed by atoms with E-state index in [1.54, 1.807) is 13.2 Å². The molecule has 0 aliphatic heterocycles. The van der Waals surface area contributed by atoms with Gasteiger partial charge in [0.05, 0.1) is 12.3 Å². The number of hydrogen-bond acceptors (Lipinski definition) is 5. The van der Waals surface area contributed by atoms with Crippen molar-refractivity contribution in [2.24, 2.45) is 0 Å². The maximum Gasteiger partial charge on any atom is 0.183 e. The third-order valence-corrected chi connectivity index (χ3v) is 2.30. The Balaban J connectivity index is 2.22. The number of aromatic nitrogens is 3. The maximum absolute atomic E-state index is 5.58. The highest BCUT2D eigenvalue weighted by Crippen LogP contribution is 2.20. The number of hydrogen-bond donors (Lipinski definition) is 1. The van der Waals surface area contributed by atoms with Gasteiger partial charge in [0.1, 0.15) is 11.6 Å². The molecule has 0 aliphatic rings. The van der Waals surface area contributed by atoms with E-state index in [1.807, 2.05) is 38.1 Å². The second-order valence-corrected chi connectivity index (χ2v) is 4.11. The minimum atomic E-state index is 0.168. The summed E-state index contributed by atoms with van der Waals surface area (Å²) in [5.41, 5.74) is 0.913. The molecule has 0 bridgehead atoms. The zero-order valence-electron chi connectivity index (χ0n) is 10.7. The quantitative estimate of drug-likeness (QED) is 0.894. The predicted molar refractivity (Wildman–Crippen MR) is 70.6 cm³/mol. The molecule has 2 rings (SSSR count). The van der Waals surface area contributed by atoms with E-state index in [1.165, 1.54) is 0 Å². The van der Waals surface area contributed by atoms with Crippen LogP contribution in [0.2, 0.25) is 0 Å². The van der Waals surface area contributed by atoms with Crippen LogP contribution in [0.4, 0.5) is 5.82 Å². The van der Waals surface area contributed by atoms with Crippen LogP contribution in [-0.2, 0) is 0 Å². The van der Waals surface area contributed by atoms with E-state index >= 15 is 0 Å². The minimum absolute atomic E-state index is 0.168. The maximum atomic E-state index is 5.58. The summed E-state index contributed by atoms with van der Waals surface area (Å²) in [5, 5.41) is 10.8. The zero-order chi connectivity index (χ0) is 13.0. The van der Waals surface area contributed by atoms with Gasteiger partial charge in [0.2, 0.25) is 0 Å². The molecule has 0 unspecified atom stereocenters. The molecule has 2 aromatic rings. The van der Waals surface area contributed by atoms with Crippen LogP contribution in [0.1, 0.15) is 13.8 Å². The zero-order valence-corrected chi connectivity index (χ0v) is 10.7. The molecule has 1 N–H and O–H groups in total. The van der Waals surface area contributed by atoms with Gasteiger partial charge in [-0.1, -0.05) is 0 Å². The molecule has 18 heavy (non-hydrogen) atoms. The fourth-order valence-electron chi connectivity index (χ4n) is 1.50. The largest absolute Gasteiger partial charge is 0.491 e. The third kappa shape index (κ3) is 2.94. The van der Waals surface area contributed by atoms with Gasteiger partial charge in [0.25, 0.3) is 0 Å². The molecule has 1 heterocycles. The summed E-state index contributed by atoms with van der Waals surface area (Å²) in [6.45, 7) is 3.99. The number of anilines is 1. The second kappa shape index (κ2) is 5.44. The van der Waals surface area contributed by atoms with Crippen LogP contribution in [0.3, 0.4) is 0 Å². The fourth-order valence-corrected chi connectivity index (χ4v) is 1.50. The van der Waals surface area contributed by atoms with E-state index in [-0.39, 0.29) is 6.10 Å². The molecular formula is C13H16N4O. The van der Waals surface area contributed by atoms with E-state index in [0.29, 0.717) is 11.6 Å². The van der Waals surface area contributed by atoms with Crippen LogP contribution in [0.5, 0.6) is 5.75 Å². The van der Waals surface area contributed by atoms with Gasteiger partial charge in [-0.05, 0) is 38.1 Å². The smallest absolute Gasteiger partial charge is 0.183 e. The van der Waals surface area contributed by atoms with Gasteiger partial charge in [0.15, 0.2) is 5.82 Å². The lowest BCUT2D eigenvalue weighted by Gasteiger charge is -2.09. The van der Waals surface area contributed by atoms with Crippen LogP contribution in [0.25, 0.3) is 11.4 Å². The van der Waals surface area contributed by atoms with Crippen molar-refractivity contribution in [1.29, 1.82) is 0 Å². The SMILES string of the molecule is CNc1cnnc(-c2ccc(OC(C)C)cc2)n1. The van der Waals surface area contributed by atoms with Gasteiger partial charge >= 0.3 is 0 Å². The molecule has 0 radical (unpaired) electrons. The van der Waals surface area contributed by atoms with E-state index in [4.69, 9.17) is 4.74 Å². The summed E-state index contributed by atoms with van der Waals surface area (Å²) in [7, 11) is 1.80. The molecule has 1 aromatic heterocycles. The topological polar surface area (TPSA) is 59.9 Å². The Morgan fingerprint density at radius 1 is 1.17 bits per heavy atom. The van der Waals surface area contributed by atoms with Crippen LogP contribution in [0, 0.1) is 0 Å². The van der Waals surface area contributed by atoms with Crippen molar-refractivity contribution in [2.75, 3.05) is 12.4 Å². The van der Waals surface area contributed by atoms with Crippen LogP contribution in [0.15, 0.2) is 30.5 Å². The van der Waals surface area contributed by atoms with Gasteiger partial charge in [-0.2, -0.15) is 5.10 Å². The molecule has 0 saturated heterocycles. The first-order valence-electron chi connectivity index (χ1n) is 5.83. The molecule has 94 valence electrons. The van der Waals surface area contributed by atoms with E-state index in [0.717, 1.165) is 11.3 Å². The normalized spacial score (nSPS) is 10.4. The van der Waals surface area contributed by atoms with Gasteiger partial charge in [-0.25, -0.2) is 4.98 Å². The molecule has 5 heteroatoms. The van der Waals surface area contributed by atoms with Gasteiger partial charge in [-0.15, -0.1) is 5.10 Å². The van der Waals surface area contributed by atoms with Crippen molar-refractivity contribution in [3.05, 3.63) is 30.5 Å². The van der Waals surface area contributed by atoms with Crippen molar-refractivity contribution in [3.8, 4) is 17.1 Å². The van der Waals surface area contributed by atoms with Crippen molar-refractivity contribution < 1.29 is 4.74 Å². The van der Waals surface area contributed by atoms with Gasteiger partial charge in [-0.3, -0.25) is 0 Å². The minimum Gasteiger partial charge on any atom is -0.491 e. The molecular weight excluding hydrogens is 228 g/mol. The van der Waals surface area contributed by atoms with E-state index < -0.39 is 0 Å². The monoisotopic (exact) mass is 244 g/mol. The molecule has 0 amide bonds. The number of nitrogens with one attached hydrogen (secondary N) is 1. The molecule has 0 spiro atoms. The molecule has 1 aromatic carbocycles. The van der Waals surface area contributed by atoms with E-state index in [9.17, 15) is 0 Å². The van der Waals surface area contributed by atoms with Gasteiger partial charge < -0.3 is 10.1 Å². The lowest BCUT2D eigenvalue weighted by Crippen LogP contribution is -2.05. The molecule has 0 fully saturated rings. The Hall–Kier alpha value is -2.17. The highest BCUT2D eigenvalue weighted by molar-refractivity contribution is 5.57. The number of benzene rings is 1. The Bertz CT molecular complexity index is 511. The summed E-state index contributed by atoms with van der Waals surface area (Å²) in [6, 6.07) is 7.66. The second-order valence-electron chi connectivity index (χ2n) is 4.11. The lowest BCUT2D eigenvalue weighted by molar-refractivity contribution is 0.242. The molecule has 0 atom stereocenters. The number of rotatable bonds is 4. The van der Waals surface area contributed by atoms with Crippen LogP contribution < -0.4 is 10.1 Å². The Morgan fingerprint density at radius 2 is 1.89 bits per heavy atom. The first-order valence-corrected chi connectivity index (χ1v) is 5.83. The first kappa shape index (κ1) is 12.3. The summed E-state index contributed by atoms with van der Waals surface area (Å²) in [4.78, 5) is 4.33. The Morgan fingerprint density at radius 3 is 2.50 bits per heavy atom. The third-order valence-electron chi connectivity index (χ3n) is 2.30. The Labute approximate surface area is 106 Å². The van der Waals surface area contributed by atoms with Crippen molar-refractivity contribution in [1.82, 2.24) is 15.2 Å². The summed E-state index contributed by atoms with van der Waals surface area (Å²) in [5.74, 6) is 2.13. The first-order chi connectivity index (χ1) is 8.69. The molecule has 0 saturated carbocycles. The average molecular weight is 244 g/mol. The number of ether oxygens (including phenoxy) is 1. The molecule has 0 aliphatic carbocycles. The van der Waals surface area contributed by atoms with Crippen LogP contribution >= 0.6 is 0 Å².